The van der Waals surface area contributed by atoms with Crippen LogP contribution in [-0.2, 0) is 13.1 Å². The highest BCUT2D eigenvalue weighted by molar-refractivity contribution is 5.94. The molecule has 19 heavy (non-hydrogen) atoms. The predicted molar refractivity (Wildman–Crippen MR) is 75.9 cm³/mol. The van der Waals surface area contributed by atoms with Gasteiger partial charge in [0.05, 0.1) is 5.69 Å². The second kappa shape index (κ2) is 4.76. The molecule has 0 aromatic heterocycles. The van der Waals surface area contributed by atoms with Crippen LogP contribution in [0.3, 0.4) is 0 Å². The van der Waals surface area contributed by atoms with E-state index in [-0.39, 0.29) is 6.03 Å². The van der Waals surface area contributed by atoms with Gasteiger partial charge in [-0.3, -0.25) is 4.90 Å². The fourth-order valence-corrected chi connectivity index (χ4v) is 2.49. The maximum absolute atomic E-state index is 12.3. The molecular weight excluding hydrogens is 236 g/mol. The highest BCUT2D eigenvalue weighted by Crippen LogP contribution is 2.27. The topological polar surface area (TPSA) is 23.6 Å². The van der Waals surface area contributed by atoms with Crippen molar-refractivity contribution in [2.75, 3.05) is 11.9 Å². The molecule has 96 valence electrons. The third-order valence-electron chi connectivity index (χ3n) is 3.49. The zero-order valence-electron chi connectivity index (χ0n) is 10.9. The highest BCUT2D eigenvalue weighted by Gasteiger charge is 2.26. The minimum atomic E-state index is 0.0579. The molecule has 0 radical (unpaired) electrons. The van der Waals surface area contributed by atoms with E-state index in [2.05, 4.69) is 6.07 Å². The van der Waals surface area contributed by atoms with Crippen LogP contribution in [-0.4, -0.2) is 18.0 Å². The molecular formula is C16H16N2O. The second-order valence-electron chi connectivity index (χ2n) is 4.81. The molecule has 1 aliphatic heterocycles. The van der Waals surface area contributed by atoms with E-state index in [9.17, 15) is 4.79 Å². The molecule has 2 aromatic carbocycles. The third-order valence-corrected chi connectivity index (χ3v) is 3.49. The summed E-state index contributed by atoms with van der Waals surface area (Å²) in [6.07, 6.45) is 0. The lowest BCUT2D eigenvalue weighted by atomic mass is 10.1. The van der Waals surface area contributed by atoms with Crippen molar-refractivity contribution in [3.05, 3.63) is 65.7 Å². The van der Waals surface area contributed by atoms with Crippen molar-refractivity contribution in [3.63, 3.8) is 0 Å². The summed E-state index contributed by atoms with van der Waals surface area (Å²) in [4.78, 5) is 15.9. The summed E-state index contributed by atoms with van der Waals surface area (Å²) in [5, 5.41) is 0. The molecule has 1 heterocycles. The van der Waals surface area contributed by atoms with E-state index >= 15 is 0 Å². The van der Waals surface area contributed by atoms with E-state index in [0.29, 0.717) is 13.1 Å². The minimum Gasteiger partial charge on any atom is -0.316 e. The number of para-hydroxylation sites is 1. The molecule has 0 bridgehead atoms. The van der Waals surface area contributed by atoms with Gasteiger partial charge < -0.3 is 4.90 Å². The van der Waals surface area contributed by atoms with Gasteiger partial charge in [0.25, 0.3) is 0 Å². The van der Waals surface area contributed by atoms with E-state index in [1.807, 2.05) is 60.5 Å². The number of carbonyl (C=O) groups excluding carboxylic acids is 1. The van der Waals surface area contributed by atoms with Crippen LogP contribution in [0.5, 0.6) is 0 Å². The Labute approximate surface area is 113 Å². The molecule has 2 amide bonds. The number of nitrogens with zero attached hydrogens (tertiary/aromatic N) is 2. The Kier molecular flexibility index (Phi) is 2.95. The van der Waals surface area contributed by atoms with Gasteiger partial charge in [-0.2, -0.15) is 0 Å². The average Bonchev–Trinajstić information content (AvgIpc) is 2.46. The van der Waals surface area contributed by atoms with Crippen LogP contribution >= 0.6 is 0 Å². The smallest absolute Gasteiger partial charge is 0.316 e. The average molecular weight is 252 g/mol. The maximum Gasteiger partial charge on any atom is 0.324 e. The van der Waals surface area contributed by atoms with Gasteiger partial charge in [-0.15, -0.1) is 0 Å². The highest BCUT2D eigenvalue weighted by atomic mass is 16.2. The van der Waals surface area contributed by atoms with Crippen molar-refractivity contribution >= 4 is 11.7 Å². The van der Waals surface area contributed by atoms with E-state index in [4.69, 9.17) is 0 Å². The van der Waals surface area contributed by atoms with Gasteiger partial charge in [-0.1, -0.05) is 48.5 Å². The van der Waals surface area contributed by atoms with Crippen LogP contribution in [0.4, 0.5) is 10.5 Å². The number of fused-ring (bicyclic) bond motifs is 1. The van der Waals surface area contributed by atoms with Gasteiger partial charge in [0.1, 0.15) is 0 Å². The van der Waals surface area contributed by atoms with Crippen molar-refractivity contribution in [3.8, 4) is 0 Å². The van der Waals surface area contributed by atoms with Gasteiger partial charge in [0.15, 0.2) is 0 Å². The Morgan fingerprint density at radius 2 is 1.68 bits per heavy atom. The molecule has 3 nitrogen and oxygen atoms in total. The van der Waals surface area contributed by atoms with Crippen LogP contribution < -0.4 is 4.90 Å². The summed E-state index contributed by atoms with van der Waals surface area (Å²) in [6, 6.07) is 18.2. The summed E-state index contributed by atoms with van der Waals surface area (Å²) < 4.78 is 0. The number of carbonyl (C=O) groups is 1. The van der Waals surface area contributed by atoms with Crippen LogP contribution in [0.2, 0.25) is 0 Å². The molecule has 0 atom stereocenters. The molecule has 0 saturated heterocycles. The first-order valence-electron chi connectivity index (χ1n) is 6.40. The SMILES string of the molecule is CN1C(=O)N(Cc2ccccc2)Cc2ccccc21. The summed E-state index contributed by atoms with van der Waals surface area (Å²) in [6.45, 7) is 1.33. The van der Waals surface area contributed by atoms with Crippen molar-refractivity contribution in [1.29, 1.82) is 0 Å². The Balaban J connectivity index is 1.87. The molecule has 3 heteroatoms. The number of amides is 2. The van der Waals surface area contributed by atoms with Crippen LogP contribution in [0.25, 0.3) is 0 Å². The third kappa shape index (κ3) is 2.19. The Morgan fingerprint density at radius 3 is 2.47 bits per heavy atom. The standard InChI is InChI=1S/C16H16N2O/c1-17-15-10-6-5-9-14(15)12-18(16(17)19)11-13-7-3-2-4-8-13/h2-10H,11-12H2,1H3. The van der Waals surface area contributed by atoms with E-state index in [0.717, 1.165) is 11.3 Å². The number of hydrogen-bond donors (Lipinski definition) is 0. The van der Waals surface area contributed by atoms with Gasteiger partial charge in [0, 0.05) is 20.1 Å². The molecule has 0 N–H and O–H groups in total. The molecule has 3 rings (SSSR count). The first kappa shape index (κ1) is 11.8. The number of urea groups is 1. The van der Waals surface area contributed by atoms with Gasteiger partial charge in [-0.05, 0) is 17.2 Å². The predicted octanol–water partition coefficient (Wildman–Crippen LogP) is 3.26. The number of hydrogen-bond acceptors (Lipinski definition) is 1. The molecule has 0 saturated carbocycles. The van der Waals surface area contributed by atoms with Gasteiger partial charge in [-0.25, -0.2) is 4.79 Å². The first-order chi connectivity index (χ1) is 9.25. The maximum atomic E-state index is 12.3. The number of anilines is 1. The lowest BCUT2D eigenvalue weighted by Crippen LogP contribution is -2.44. The summed E-state index contributed by atoms with van der Waals surface area (Å²) in [7, 11) is 1.83. The van der Waals surface area contributed by atoms with Gasteiger partial charge in [0.2, 0.25) is 0 Å². The van der Waals surface area contributed by atoms with Crippen molar-refractivity contribution < 1.29 is 4.79 Å². The minimum absolute atomic E-state index is 0.0579. The summed E-state index contributed by atoms with van der Waals surface area (Å²) in [5.41, 5.74) is 3.36. The molecule has 0 aliphatic carbocycles. The Bertz CT molecular complexity index is 595. The molecule has 1 aliphatic rings. The van der Waals surface area contributed by atoms with E-state index in [1.165, 1.54) is 5.56 Å². The molecule has 0 fully saturated rings. The zero-order chi connectivity index (χ0) is 13.2. The van der Waals surface area contributed by atoms with Crippen LogP contribution in [0.1, 0.15) is 11.1 Å². The summed E-state index contributed by atoms with van der Waals surface area (Å²) >= 11 is 0. The van der Waals surface area contributed by atoms with E-state index < -0.39 is 0 Å². The van der Waals surface area contributed by atoms with Crippen LogP contribution in [0, 0.1) is 0 Å². The molecule has 0 unspecified atom stereocenters. The monoisotopic (exact) mass is 252 g/mol. The Morgan fingerprint density at radius 1 is 1.00 bits per heavy atom. The second-order valence-corrected chi connectivity index (χ2v) is 4.81. The normalized spacial score (nSPS) is 14.5. The number of benzene rings is 2. The van der Waals surface area contributed by atoms with Crippen molar-refractivity contribution in [1.82, 2.24) is 4.90 Å². The zero-order valence-corrected chi connectivity index (χ0v) is 10.9. The van der Waals surface area contributed by atoms with Crippen molar-refractivity contribution in [2.45, 2.75) is 13.1 Å². The molecule has 0 spiro atoms. The first-order valence-corrected chi connectivity index (χ1v) is 6.40. The van der Waals surface area contributed by atoms with Gasteiger partial charge >= 0.3 is 6.03 Å². The largest absolute Gasteiger partial charge is 0.324 e. The quantitative estimate of drug-likeness (QED) is 0.804. The van der Waals surface area contributed by atoms with Crippen LogP contribution in [0.15, 0.2) is 54.6 Å². The fraction of sp³-hybridized carbons (Fsp3) is 0.188. The van der Waals surface area contributed by atoms with E-state index in [1.54, 1.807) is 4.90 Å². The fourth-order valence-electron chi connectivity index (χ4n) is 2.49. The lowest BCUT2D eigenvalue weighted by Gasteiger charge is -2.35. The Hall–Kier alpha value is -2.29. The van der Waals surface area contributed by atoms with Crippen molar-refractivity contribution in [2.24, 2.45) is 0 Å². The lowest BCUT2D eigenvalue weighted by molar-refractivity contribution is 0.197. The summed E-state index contributed by atoms with van der Waals surface area (Å²) in [5.74, 6) is 0. The molecule has 2 aromatic rings. The number of rotatable bonds is 2.